The van der Waals surface area contributed by atoms with Gasteiger partial charge in [-0.1, -0.05) is 65.8 Å². The van der Waals surface area contributed by atoms with Crippen molar-refractivity contribution in [1.29, 1.82) is 0 Å². The highest BCUT2D eigenvalue weighted by molar-refractivity contribution is 5.68. The maximum atomic E-state index is 11.7. The maximum Gasteiger partial charge on any atom is 0.341 e. The lowest BCUT2D eigenvalue weighted by Gasteiger charge is -2.55. The van der Waals surface area contributed by atoms with E-state index in [4.69, 9.17) is 9.84 Å². The fraction of sp³-hybridized carbons (Fsp3) is 0.435. The number of rotatable bonds is 5. The third-order valence-corrected chi connectivity index (χ3v) is 5.19. The molecule has 2 rings (SSSR count). The van der Waals surface area contributed by atoms with Crippen molar-refractivity contribution in [3.05, 3.63) is 59.7 Å². The molecule has 0 aliphatic rings. The Labute approximate surface area is 161 Å². The summed E-state index contributed by atoms with van der Waals surface area (Å²) in [5.74, 6) is -0.490. The van der Waals surface area contributed by atoms with Gasteiger partial charge in [-0.25, -0.2) is 4.79 Å². The number of carboxylic acids is 1. The van der Waals surface area contributed by atoms with Crippen molar-refractivity contribution in [2.24, 2.45) is 10.8 Å². The molecule has 0 saturated heterocycles. The number of carbonyl (C=O) groups is 1. The van der Waals surface area contributed by atoms with Gasteiger partial charge in [0.05, 0.1) is 0 Å². The monoisotopic (exact) mass is 369 g/mol. The minimum Gasteiger partial charge on any atom is -0.482 e. The highest BCUT2D eigenvalue weighted by atomic mass is 16.5. The molecule has 27 heavy (non-hydrogen) atoms. The van der Waals surface area contributed by atoms with E-state index in [-0.39, 0.29) is 28.6 Å². The van der Waals surface area contributed by atoms with Crippen LogP contribution in [0.2, 0.25) is 0 Å². The molecule has 0 aliphatic heterocycles. The van der Waals surface area contributed by atoms with Crippen LogP contribution in [0.25, 0.3) is 0 Å². The zero-order chi connectivity index (χ0) is 20.5. The molecule has 0 aromatic heterocycles. The molecular formula is C23H29O4. The van der Waals surface area contributed by atoms with E-state index in [0.717, 1.165) is 11.1 Å². The van der Waals surface area contributed by atoms with Gasteiger partial charge in [-0.15, -0.1) is 0 Å². The first-order chi connectivity index (χ1) is 12.4. The van der Waals surface area contributed by atoms with E-state index < -0.39 is 5.97 Å². The van der Waals surface area contributed by atoms with Gasteiger partial charge in [0, 0.05) is 5.41 Å². The fourth-order valence-corrected chi connectivity index (χ4v) is 4.67. The number of ether oxygens (including phenoxy) is 1. The summed E-state index contributed by atoms with van der Waals surface area (Å²) in [6.45, 7) is 12.9. The van der Waals surface area contributed by atoms with E-state index in [9.17, 15) is 9.90 Å². The summed E-state index contributed by atoms with van der Waals surface area (Å²) in [5, 5.41) is 20.5. The van der Waals surface area contributed by atoms with Crippen molar-refractivity contribution in [3.63, 3.8) is 0 Å². The second kappa shape index (κ2) is 7.26. The molecule has 0 atom stereocenters. The van der Waals surface area contributed by atoms with Crippen LogP contribution in [-0.2, 0) is 15.3 Å². The minimum atomic E-state index is -1.00. The van der Waals surface area contributed by atoms with Crippen LogP contribution in [0.15, 0.2) is 48.5 Å². The molecule has 4 nitrogen and oxygen atoms in total. The van der Waals surface area contributed by atoms with Crippen LogP contribution in [0.1, 0.15) is 52.7 Å². The molecule has 0 spiro atoms. The second-order valence-corrected chi connectivity index (χ2v) is 8.98. The largest absolute Gasteiger partial charge is 0.482 e. The van der Waals surface area contributed by atoms with Crippen LogP contribution in [0.4, 0.5) is 0 Å². The lowest BCUT2D eigenvalue weighted by atomic mass is 9.48. The van der Waals surface area contributed by atoms with Crippen LogP contribution in [0.5, 0.6) is 11.5 Å². The third-order valence-electron chi connectivity index (χ3n) is 5.19. The van der Waals surface area contributed by atoms with Gasteiger partial charge < -0.3 is 9.84 Å². The van der Waals surface area contributed by atoms with Crippen molar-refractivity contribution in [1.82, 2.24) is 0 Å². The molecule has 4 heteroatoms. The predicted molar refractivity (Wildman–Crippen MR) is 106 cm³/mol. The van der Waals surface area contributed by atoms with E-state index in [0.29, 0.717) is 5.75 Å². The number of aliphatic carboxylic acids is 1. The highest BCUT2D eigenvalue weighted by Crippen LogP contribution is 2.57. The highest BCUT2D eigenvalue weighted by Gasteiger charge is 2.52. The molecular weight excluding hydrogens is 340 g/mol. The molecule has 0 heterocycles. The average molecular weight is 369 g/mol. The van der Waals surface area contributed by atoms with Gasteiger partial charge in [0.25, 0.3) is 0 Å². The van der Waals surface area contributed by atoms with Gasteiger partial charge in [-0.05, 0) is 46.2 Å². The van der Waals surface area contributed by atoms with Crippen molar-refractivity contribution >= 4 is 5.97 Å². The van der Waals surface area contributed by atoms with E-state index in [1.807, 2.05) is 36.4 Å². The molecule has 0 fully saturated rings. The van der Waals surface area contributed by atoms with Crippen LogP contribution in [0.3, 0.4) is 0 Å². The molecule has 0 amide bonds. The predicted octanol–water partition coefficient (Wildman–Crippen LogP) is 5.67. The van der Waals surface area contributed by atoms with E-state index >= 15 is 0 Å². The maximum absolute atomic E-state index is 11.7. The van der Waals surface area contributed by atoms with Crippen molar-refractivity contribution in [3.8, 4) is 11.5 Å². The molecule has 2 aromatic rings. The van der Waals surface area contributed by atoms with E-state index in [2.05, 4.69) is 41.5 Å². The van der Waals surface area contributed by atoms with E-state index in [1.165, 1.54) is 0 Å². The Morgan fingerprint density at radius 1 is 0.815 bits per heavy atom. The van der Waals surface area contributed by atoms with Crippen LogP contribution >= 0.6 is 0 Å². The summed E-state index contributed by atoms with van der Waals surface area (Å²) in [5.41, 5.74) is 1.50. The Balaban J connectivity index is 2.65. The summed E-state index contributed by atoms with van der Waals surface area (Å²) in [4.78, 5) is 10.7. The quantitative estimate of drug-likeness (QED) is 0.738. The summed E-state index contributed by atoms with van der Waals surface area (Å²) in [6, 6.07) is 14.7. The number of benzene rings is 2. The summed E-state index contributed by atoms with van der Waals surface area (Å²) < 4.78 is 5.29. The Bertz CT molecular complexity index is 761. The lowest BCUT2D eigenvalue weighted by Crippen LogP contribution is -2.51. The summed E-state index contributed by atoms with van der Waals surface area (Å²) >= 11 is 0. The van der Waals surface area contributed by atoms with Crippen LogP contribution in [-0.4, -0.2) is 17.7 Å². The van der Waals surface area contributed by atoms with Gasteiger partial charge >= 0.3 is 5.97 Å². The Kier molecular flexibility index (Phi) is 5.60. The zero-order valence-corrected chi connectivity index (χ0v) is 17.0. The van der Waals surface area contributed by atoms with Gasteiger partial charge in [-0.2, -0.15) is 0 Å². The molecule has 0 saturated carbocycles. The fourth-order valence-electron chi connectivity index (χ4n) is 4.67. The van der Waals surface area contributed by atoms with E-state index in [1.54, 1.807) is 12.1 Å². The molecule has 145 valence electrons. The van der Waals surface area contributed by atoms with Crippen molar-refractivity contribution in [2.45, 2.75) is 47.0 Å². The lowest BCUT2D eigenvalue weighted by molar-refractivity contribution is -0.139. The Morgan fingerprint density at radius 3 is 1.59 bits per heavy atom. The average Bonchev–Trinajstić information content (AvgIpc) is 2.54. The number of hydrogen-bond acceptors (Lipinski definition) is 2. The third kappa shape index (κ3) is 3.95. The minimum absolute atomic E-state index is 0.00659. The normalized spacial score (nSPS) is 12.7. The molecule has 1 N–H and O–H groups in total. The first-order valence-electron chi connectivity index (χ1n) is 9.12. The SMILES string of the molecule is CC(C)(C)C(c1ccc([O])cc1)(c1ccc(OCC(=O)O)cc1)C(C)(C)C. The van der Waals surface area contributed by atoms with Gasteiger partial charge in [0.2, 0.25) is 0 Å². The van der Waals surface area contributed by atoms with Crippen molar-refractivity contribution < 1.29 is 19.7 Å². The molecule has 1 radical (unpaired) electrons. The zero-order valence-electron chi connectivity index (χ0n) is 17.0. The second-order valence-electron chi connectivity index (χ2n) is 8.98. The molecule has 0 unspecified atom stereocenters. The molecule has 0 aliphatic carbocycles. The van der Waals surface area contributed by atoms with Gasteiger partial charge in [0.15, 0.2) is 12.4 Å². The van der Waals surface area contributed by atoms with Crippen molar-refractivity contribution in [2.75, 3.05) is 6.61 Å². The smallest absolute Gasteiger partial charge is 0.341 e. The van der Waals surface area contributed by atoms with Gasteiger partial charge in [-0.3, -0.25) is 5.11 Å². The summed E-state index contributed by atoms with van der Waals surface area (Å²) in [6.07, 6.45) is 0. The van der Waals surface area contributed by atoms with Crippen LogP contribution in [0, 0.1) is 10.8 Å². The Hall–Kier alpha value is -2.49. The summed E-state index contributed by atoms with van der Waals surface area (Å²) in [7, 11) is 0. The Morgan fingerprint density at radius 2 is 1.22 bits per heavy atom. The first-order valence-corrected chi connectivity index (χ1v) is 9.12. The number of hydrogen-bond donors (Lipinski definition) is 1. The van der Waals surface area contributed by atoms with Crippen LogP contribution < -0.4 is 4.74 Å². The first kappa shape index (κ1) is 20.8. The standard InChI is InChI=1S/C23H29O4/c1-21(2,3)23(22(4,5)6,16-7-11-18(24)12-8-16)17-9-13-19(14-10-17)27-15-20(25)26/h7-14H,15H2,1-6H3,(H,25,26). The van der Waals surface area contributed by atoms with Gasteiger partial charge in [0.1, 0.15) is 5.75 Å². The molecule has 0 bridgehead atoms. The molecule has 2 aromatic carbocycles. The topological polar surface area (TPSA) is 66.4 Å². The number of carboxylic acid groups (broad SMARTS) is 1.